The van der Waals surface area contributed by atoms with Gasteiger partial charge >= 0.3 is 0 Å². The van der Waals surface area contributed by atoms with Gasteiger partial charge in [-0.05, 0) is 45.1 Å². The lowest BCUT2D eigenvalue weighted by atomic mass is 9.91. The van der Waals surface area contributed by atoms with Crippen LogP contribution in [-0.2, 0) is 4.79 Å². The molecular weight excluding hydrogens is 216 g/mol. The molecule has 4 heteroatoms. The molecule has 1 aliphatic heterocycles. The van der Waals surface area contributed by atoms with Crippen LogP contribution < -0.4 is 5.73 Å². The standard InChI is InChI=1S/C13H24N2O2/c1-13(17)6-3-7-15(9-13)12(16)11-5-2-4-10(11)8-14/h10-11,17H,2-9,14H2,1H3. The number of β-amino-alcohol motifs (C(OH)–C–C–N with tert-alkyl or cyclic N) is 1. The van der Waals surface area contributed by atoms with Crippen LogP contribution in [0, 0.1) is 11.8 Å². The van der Waals surface area contributed by atoms with Gasteiger partial charge in [-0.3, -0.25) is 4.79 Å². The van der Waals surface area contributed by atoms with Crippen molar-refractivity contribution in [3.8, 4) is 0 Å². The van der Waals surface area contributed by atoms with Crippen LogP contribution in [0.3, 0.4) is 0 Å². The minimum atomic E-state index is -0.704. The maximum absolute atomic E-state index is 12.4. The minimum absolute atomic E-state index is 0.105. The van der Waals surface area contributed by atoms with Crippen LogP contribution in [0.15, 0.2) is 0 Å². The molecule has 0 radical (unpaired) electrons. The highest BCUT2D eigenvalue weighted by atomic mass is 16.3. The zero-order chi connectivity index (χ0) is 12.5. The maximum Gasteiger partial charge on any atom is 0.226 e. The molecule has 1 heterocycles. The molecule has 1 saturated heterocycles. The normalized spacial score (nSPS) is 38.4. The zero-order valence-electron chi connectivity index (χ0n) is 10.7. The van der Waals surface area contributed by atoms with Crippen LogP contribution in [0.5, 0.6) is 0 Å². The van der Waals surface area contributed by atoms with Gasteiger partial charge in [0.15, 0.2) is 0 Å². The van der Waals surface area contributed by atoms with E-state index < -0.39 is 5.60 Å². The molecule has 3 unspecified atom stereocenters. The van der Waals surface area contributed by atoms with E-state index in [0.717, 1.165) is 38.6 Å². The lowest BCUT2D eigenvalue weighted by Crippen LogP contribution is -2.51. The fourth-order valence-corrected chi connectivity index (χ4v) is 3.29. The first-order valence-electron chi connectivity index (χ1n) is 6.75. The topological polar surface area (TPSA) is 66.6 Å². The maximum atomic E-state index is 12.4. The van der Waals surface area contributed by atoms with Gasteiger partial charge in [0.2, 0.25) is 5.91 Å². The van der Waals surface area contributed by atoms with E-state index in [1.165, 1.54) is 0 Å². The van der Waals surface area contributed by atoms with Gasteiger partial charge in [0.25, 0.3) is 0 Å². The quantitative estimate of drug-likeness (QED) is 0.748. The summed E-state index contributed by atoms with van der Waals surface area (Å²) >= 11 is 0. The summed E-state index contributed by atoms with van der Waals surface area (Å²) in [6.07, 6.45) is 4.86. The molecule has 0 aromatic rings. The highest BCUT2D eigenvalue weighted by molar-refractivity contribution is 5.79. The molecular formula is C13H24N2O2. The Balaban J connectivity index is 1.99. The van der Waals surface area contributed by atoms with Crippen LogP contribution in [-0.4, -0.2) is 41.1 Å². The summed E-state index contributed by atoms with van der Waals surface area (Å²) in [4.78, 5) is 14.3. The summed E-state index contributed by atoms with van der Waals surface area (Å²) in [5, 5.41) is 10.0. The molecule has 3 atom stereocenters. The fraction of sp³-hybridized carbons (Fsp3) is 0.923. The number of hydrogen-bond donors (Lipinski definition) is 2. The summed E-state index contributed by atoms with van der Waals surface area (Å²) in [5.41, 5.74) is 5.02. The summed E-state index contributed by atoms with van der Waals surface area (Å²) in [7, 11) is 0. The smallest absolute Gasteiger partial charge is 0.226 e. The van der Waals surface area contributed by atoms with Crippen molar-refractivity contribution in [2.75, 3.05) is 19.6 Å². The van der Waals surface area contributed by atoms with E-state index in [2.05, 4.69) is 0 Å². The van der Waals surface area contributed by atoms with E-state index >= 15 is 0 Å². The van der Waals surface area contributed by atoms with E-state index in [9.17, 15) is 9.90 Å². The van der Waals surface area contributed by atoms with Gasteiger partial charge in [0.1, 0.15) is 0 Å². The van der Waals surface area contributed by atoms with Gasteiger partial charge in [0.05, 0.1) is 5.60 Å². The molecule has 0 aromatic carbocycles. The Morgan fingerprint density at radius 3 is 2.88 bits per heavy atom. The fourth-order valence-electron chi connectivity index (χ4n) is 3.29. The largest absolute Gasteiger partial charge is 0.388 e. The lowest BCUT2D eigenvalue weighted by molar-refractivity contribution is -0.142. The molecule has 1 aliphatic carbocycles. The Bertz CT molecular complexity index is 291. The average molecular weight is 240 g/mol. The molecule has 2 aliphatic rings. The van der Waals surface area contributed by atoms with Crippen molar-refractivity contribution >= 4 is 5.91 Å². The predicted molar refractivity (Wildman–Crippen MR) is 66.3 cm³/mol. The van der Waals surface area contributed by atoms with E-state index in [-0.39, 0.29) is 11.8 Å². The molecule has 2 rings (SSSR count). The first-order valence-corrected chi connectivity index (χ1v) is 6.75. The molecule has 4 nitrogen and oxygen atoms in total. The number of likely N-dealkylation sites (tertiary alicyclic amines) is 1. The van der Waals surface area contributed by atoms with Crippen molar-refractivity contribution in [2.24, 2.45) is 17.6 Å². The van der Waals surface area contributed by atoms with E-state index in [1.54, 1.807) is 0 Å². The number of hydrogen-bond acceptors (Lipinski definition) is 3. The number of nitrogens with zero attached hydrogens (tertiary/aromatic N) is 1. The van der Waals surface area contributed by atoms with Crippen molar-refractivity contribution in [1.82, 2.24) is 4.90 Å². The van der Waals surface area contributed by atoms with Crippen LogP contribution in [0.4, 0.5) is 0 Å². The minimum Gasteiger partial charge on any atom is -0.388 e. The summed E-state index contributed by atoms with van der Waals surface area (Å²) in [5.74, 6) is 0.682. The number of rotatable bonds is 2. The average Bonchev–Trinajstić information content (AvgIpc) is 2.74. The number of carbonyl (C=O) groups is 1. The van der Waals surface area contributed by atoms with Crippen LogP contribution in [0.25, 0.3) is 0 Å². The molecule has 3 N–H and O–H groups in total. The van der Waals surface area contributed by atoms with Crippen LogP contribution >= 0.6 is 0 Å². The Morgan fingerprint density at radius 1 is 1.47 bits per heavy atom. The summed E-state index contributed by atoms with van der Waals surface area (Å²) in [6, 6.07) is 0. The van der Waals surface area contributed by atoms with Crippen molar-refractivity contribution in [3.05, 3.63) is 0 Å². The Labute approximate surface area is 103 Å². The second kappa shape index (κ2) is 4.94. The second-order valence-corrected chi connectivity index (χ2v) is 5.89. The Hall–Kier alpha value is -0.610. The van der Waals surface area contributed by atoms with Crippen LogP contribution in [0.1, 0.15) is 39.0 Å². The van der Waals surface area contributed by atoms with Crippen molar-refractivity contribution < 1.29 is 9.90 Å². The molecule has 17 heavy (non-hydrogen) atoms. The number of piperidine rings is 1. The molecule has 0 spiro atoms. The van der Waals surface area contributed by atoms with Gasteiger partial charge in [-0.25, -0.2) is 0 Å². The highest BCUT2D eigenvalue weighted by Gasteiger charge is 2.38. The van der Waals surface area contributed by atoms with Gasteiger partial charge < -0.3 is 15.7 Å². The van der Waals surface area contributed by atoms with E-state index in [4.69, 9.17) is 5.73 Å². The third kappa shape index (κ3) is 2.80. The zero-order valence-corrected chi connectivity index (χ0v) is 10.7. The summed E-state index contributed by atoms with van der Waals surface area (Å²) < 4.78 is 0. The molecule has 1 amide bonds. The molecule has 98 valence electrons. The number of amides is 1. The molecule has 0 bridgehead atoms. The predicted octanol–water partition coefficient (Wildman–Crippen LogP) is 0.735. The monoisotopic (exact) mass is 240 g/mol. The SMILES string of the molecule is CC1(O)CCCN(C(=O)C2CCCC2CN)C1. The third-order valence-corrected chi connectivity index (χ3v) is 4.27. The first-order chi connectivity index (χ1) is 8.03. The van der Waals surface area contributed by atoms with Crippen LogP contribution in [0.2, 0.25) is 0 Å². The Morgan fingerprint density at radius 2 is 2.24 bits per heavy atom. The molecule has 1 saturated carbocycles. The van der Waals surface area contributed by atoms with Gasteiger partial charge in [-0.2, -0.15) is 0 Å². The lowest BCUT2D eigenvalue weighted by Gasteiger charge is -2.38. The highest BCUT2D eigenvalue weighted by Crippen LogP contribution is 2.33. The van der Waals surface area contributed by atoms with Crippen molar-refractivity contribution in [3.63, 3.8) is 0 Å². The summed E-state index contributed by atoms with van der Waals surface area (Å²) in [6.45, 7) is 3.71. The first kappa shape index (κ1) is 12.8. The molecule has 0 aromatic heterocycles. The Kier molecular flexibility index (Phi) is 3.73. The van der Waals surface area contributed by atoms with Gasteiger partial charge in [-0.15, -0.1) is 0 Å². The number of aliphatic hydroxyl groups is 1. The van der Waals surface area contributed by atoms with Gasteiger partial charge in [-0.1, -0.05) is 6.42 Å². The third-order valence-electron chi connectivity index (χ3n) is 4.27. The molecule has 2 fully saturated rings. The van der Waals surface area contributed by atoms with E-state index in [0.29, 0.717) is 19.0 Å². The second-order valence-electron chi connectivity index (χ2n) is 5.89. The number of carbonyl (C=O) groups excluding carboxylic acids is 1. The van der Waals surface area contributed by atoms with E-state index in [1.807, 2.05) is 11.8 Å². The van der Waals surface area contributed by atoms with Gasteiger partial charge in [0, 0.05) is 19.0 Å². The van der Waals surface area contributed by atoms with Crippen molar-refractivity contribution in [2.45, 2.75) is 44.6 Å². The van der Waals surface area contributed by atoms with Crippen molar-refractivity contribution in [1.29, 1.82) is 0 Å². The number of nitrogens with two attached hydrogens (primary N) is 1.